The lowest BCUT2D eigenvalue weighted by Crippen LogP contribution is -2.11. The van der Waals surface area contributed by atoms with Crippen LogP contribution in [0.3, 0.4) is 0 Å². The van der Waals surface area contributed by atoms with Gasteiger partial charge in [-0.05, 0) is 12.8 Å². The third-order valence-electron chi connectivity index (χ3n) is 2.21. The molecule has 0 atom stereocenters. The number of thiazole rings is 1. The molecule has 16 heavy (non-hydrogen) atoms. The van der Waals surface area contributed by atoms with E-state index >= 15 is 0 Å². The maximum absolute atomic E-state index is 11.5. The number of rotatable bonds is 2. The average molecular weight is 235 g/mol. The standard InChI is InChI=1S/C11H13N3OS/c1-6(2)8-4-10(15)14-11(13-8)9-5-16-7(3)12-9/h4-6H,1-3H3,(H,13,14,15). The van der Waals surface area contributed by atoms with Crippen molar-refractivity contribution in [3.05, 3.63) is 32.5 Å². The molecule has 0 spiro atoms. The number of aromatic nitrogens is 3. The monoisotopic (exact) mass is 235 g/mol. The molecular formula is C11H13N3OS. The molecule has 2 rings (SSSR count). The number of aromatic amines is 1. The van der Waals surface area contributed by atoms with E-state index in [9.17, 15) is 4.79 Å². The highest BCUT2D eigenvalue weighted by molar-refractivity contribution is 7.09. The fourth-order valence-corrected chi connectivity index (χ4v) is 1.96. The van der Waals surface area contributed by atoms with Crippen molar-refractivity contribution in [2.75, 3.05) is 0 Å². The number of nitrogens with zero attached hydrogens (tertiary/aromatic N) is 2. The molecule has 0 radical (unpaired) electrons. The van der Waals surface area contributed by atoms with Crippen LogP contribution in [0.1, 0.15) is 30.5 Å². The number of hydrogen-bond donors (Lipinski definition) is 1. The molecule has 2 aromatic rings. The van der Waals surface area contributed by atoms with Gasteiger partial charge in [-0.3, -0.25) is 4.79 Å². The number of aryl methyl sites for hydroxylation is 1. The second-order valence-electron chi connectivity index (χ2n) is 3.93. The van der Waals surface area contributed by atoms with Gasteiger partial charge in [0.25, 0.3) is 5.56 Å². The summed E-state index contributed by atoms with van der Waals surface area (Å²) >= 11 is 1.55. The van der Waals surface area contributed by atoms with E-state index in [1.165, 1.54) is 6.07 Å². The normalized spacial score (nSPS) is 11.0. The minimum atomic E-state index is -0.126. The second-order valence-corrected chi connectivity index (χ2v) is 4.99. The second kappa shape index (κ2) is 4.17. The molecule has 0 aliphatic rings. The highest BCUT2D eigenvalue weighted by Crippen LogP contribution is 2.18. The summed E-state index contributed by atoms with van der Waals surface area (Å²) in [5.74, 6) is 0.793. The van der Waals surface area contributed by atoms with Crippen LogP contribution >= 0.6 is 11.3 Å². The van der Waals surface area contributed by atoms with Crippen LogP contribution in [0.2, 0.25) is 0 Å². The predicted octanol–water partition coefficient (Wildman–Crippen LogP) is 2.33. The highest BCUT2D eigenvalue weighted by Gasteiger charge is 2.08. The first-order valence-corrected chi connectivity index (χ1v) is 5.98. The Balaban J connectivity index is 2.53. The Labute approximate surface area is 97.4 Å². The molecule has 2 aromatic heterocycles. The molecule has 1 N–H and O–H groups in total. The maximum Gasteiger partial charge on any atom is 0.251 e. The summed E-state index contributed by atoms with van der Waals surface area (Å²) in [7, 11) is 0. The van der Waals surface area contributed by atoms with E-state index in [-0.39, 0.29) is 11.5 Å². The molecule has 0 amide bonds. The van der Waals surface area contributed by atoms with Gasteiger partial charge in [-0.1, -0.05) is 13.8 Å². The van der Waals surface area contributed by atoms with Gasteiger partial charge in [0.05, 0.1) is 10.7 Å². The minimum absolute atomic E-state index is 0.126. The Morgan fingerprint density at radius 1 is 1.38 bits per heavy atom. The lowest BCUT2D eigenvalue weighted by atomic mass is 10.1. The third-order valence-corrected chi connectivity index (χ3v) is 2.99. The van der Waals surface area contributed by atoms with E-state index in [4.69, 9.17) is 0 Å². The first kappa shape index (κ1) is 11.0. The summed E-state index contributed by atoms with van der Waals surface area (Å²) in [6.07, 6.45) is 0. The summed E-state index contributed by atoms with van der Waals surface area (Å²) in [6, 6.07) is 1.54. The number of hydrogen-bond acceptors (Lipinski definition) is 4. The smallest absolute Gasteiger partial charge is 0.251 e. The molecule has 5 heteroatoms. The lowest BCUT2D eigenvalue weighted by molar-refractivity contribution is 0.811. The first-order chi connectivity index (χ1) is 7.56. The van der Waals surface area contributed by atoms with Crippen LogP contribution in [0.25, 0.3) is 11.5 Å². The van der Waals surface area contributed by atoms with Gasteiger partial charge >= 0.3 is 0 Å². The van der Waals surface area contributed by atoms with E-state index in [0.29, 0.717) is 5.82 Å². The summed E-state index contributed by atoms with van der Waals surface area (Å²) < 4.78 is 0. The van der Waals surface area contributed by atoms with Crippen LogP contribution in [-0.2, 0) is 0 Å². The quantitative estimate of drug-likeness (QED) is 0.869. The summed E-state index contributed by atoms with van der Waals surface area (Å²) in [6.45, 7) is 5.95. The van der Waals surface area contributed by atoms with Crippen molar-refractivity contribution in [2.45, 2.75) is 26.7 Å². The zero-order chi connectivity index (χ0) is 11.7. The molecule has 0 fully saturated rings. The number of H-pyrrole nitrogens is 1. The van der Waals surface area contributed by atoms with Crippen LogP contribution in [0.15, 0.2) is 16.2 Å². The molecule has 0 aliphatic heterocycles. The van der Waals surface area contributed by atoms with Crippen molar-refractivity contribution in [3.8, 4) is 11.5 Å². The van der Waals surface area contributed by atoms with Gasteiger partial charge in [0.15, 0.2) is 5.82 Å². The maximum atomic E-state index is 11.5. The van der Waals surface area contributed by atoms with Crippen molar-refractivity contribution in [3.63, 3.8) is 0 Å². The molecule has 2 heterocycles. The summed E-state index contributed by atoms with van der Waals surface area (Å²) in [4.78, 5) is 22.9. The Morgan fingerprint density at radius 2 is 2.12 bits per heavy atom. The van der Waals surface area contributed by atoms with E-state index in [1.54, 1.807) is 11.3 Å². The van der Waals surface area contributed by atoms with Gasteiger partial charge in [0.1, 0.15) is 5.69 Å². The Kier molecular flexibility index (Phi) is 2.87. The van der Waals surface area contributed by atoms with E-state index < -0.39 is 0 Å². The van der Waals surface area contributed by atoms with Crippen molar-refractivity contribution in [2.24, 2.45) is 0 Å². The van der Waals surface area contributed by atoms with Crippen LogP contribution in [-0.4, -0.2) is 15.0 Å². The minimum Gasteiger partial charge on any atom is -0.305 e. The van der Waals surface area contributed by atoms with Crippen molar-refractivity contribution in [1.29, 1.82) is 0 Å². The van der Waals surface area contributed by atoms with Crippen molar-refractivity contribution >= 4 is 11.3 Å². The SMILES string of the molecule is Cc1nc(-c2nc(C(C)C)cc(=O)[nH]2)cs1. The summed E-state index contributed by atoms with van der Waals surface area (Å²) in [5, 5.41) is 2.87. The molecule has 0 bridgehead atoms. The summed E-state index contributed by atoms with van der Waals surface area (Å²) in [5.41, 5.74) is 1.41. The molecule has 4 nitrogen and oxygen atoms in total. The average Bonchev–Trinajstić information content (AvgIpc) is 2.64. The molecular weight excluding hydrogens is 222 g/mol. The van der Waals surface area contributed by atoms with Gasteiger partial charge in [-0.2, -0.15) is 0 Å². The predicted molar refractivity (Wildman–Crippen MR) is 64.8 cm³/mol. The molecule has 0 saturated carbocycles. The molecule has 0 unspecified atom stereocenters. The zero-order valence-electron chi connectivity index (χ0n) is 9.44. The Bertz CT molecular complexity index is 556. The van der Waals surface area contributed by atoms with Gasteiger partial charge in [-0.15, -0.1) is 11.3 Å². The van der Waals surface area contributed by atoms with Crippen molar-refractivity contribution < 1.29 is 0 Å². The molecule has 0 aliphatic carbocycles. The molecule has 84 valence electrons. The molecule has 0 aromatic carbocycles. The third kappa shape index (κ3) is 2.19. The van der Waals surface area contributed by atoms with Crippen LogP contribution in [0.4, 0.5) is 0 Å². The topological polar surface area (TPSA) is 58.6 Å². The van der Waals surface area contributed by atoms with Gasteiger partial charge in [-0.25, -0.2) is 9.97 Å². The van der Waals surface area contributed by atoms with E-state index in [0.717, 1.165) is 16.4 Å². The fourth-order valence-electron chi connectivity index (χ4n) is 1.37. The van der Waals surface area contributed by atoms with Crippen LogP contribution < -0.4 is 5.56 Å². The first-order valence-electron chi connectivity index (χ1n) is 5.10. The Hall–Kier alpha value is -1.49. The van der Waals surface area contributed by atoms with Crippen molar-refractivity contribution in [1.82, 2.24) is 15.0 Å². The van der Waals surface area contributed by atoms with Crippen LogP contribution in [0.5, 0.6) is 0 Å². The van der Waals surface area contributed by atoms with E-state index in [1.807, 2.05) is 26.2 Å². The van der Waals surface area contributed by atoms with Gasteiger partial charge in [0.2, 0.25) is 0 Å². The van der Waals surface area contributed by atoms with Crippen LogP contribution in [0, 0.1) is 6.92 Å². The highest BCUT2D eigenvalue weighted by atomic mass is 32.1. The van der Waals surface area contributed by atoms with Gasteiger partial charge < -0.3 is 4.98 Å². The number of nitrogens with one attached hydrogen (secondary N) is 1. The van der Waals surface area contributed by atoms with E-state index in [2.05, 4.69) is 15.0 Å². The molecule has 0 saturated heterocycles. The Morgan fingerprint density at radius 3 is 2.69 bits per heavy atom. The lowest BCUT2D eigenvalue weighted by Gasteiger charge is -2.04. The zero-order valence-corrected chi connectivity index (χ0v) is 10.3. The largest absolute Gasteiger partial charge is 0.305 e. The van der Waals surface area contributed by atoms with Gasteiger partial charge in [0, 0.05) is 11.4 Å². The fraction of sp³-hybridized carbons (Fsp3) is 0.364.